The monoisotopic (exact) mass is 598 g/mol. The lowest BCUT2D eigenvalue weighted by atomic mass is 9.82. The van der Waals surface area contributed by atoms with Gasteiger partial charge in [-0.3, -0.25) is 9.13 Å². The normalized spacial score (nSPS) is 12.6. The summed E-state index contributed by atoms with van der Waals surface area (Å²) in [5.74, 6) is 0.888. The van der Waals surface area contributed by atoms with Crippen LogP contribution in [0, 0.1) is 0 Å². The number of fused-ring (bicyclic) bond motifs is 6. The highest BCUT2D eigenvalue weighted by Gasteiger charge is 2.30. The van der Waals surface area contributed by atoms with Crippen molar-refractivity contribution < 1.29 is 0 Å². The molecule has 226 valence electrons. The van der Waals surface area contributed by atoms with Crippen molar-refractivity contribution >= 4 is 43.9 Å². The van der Waals surface area contributed by atoms with Crippen LogP contribution in [0.1, 0.15) is 52.7 Å². The highest BCUT2D eigenvalue weighted by atomic mass is 15.1. The molecule has 0 amide bonds. The molecule has 0 spiro atoms. The molecule has 0 N–H and O–H groups in total. The van der Waals surface area contributed by atoms with Crippen molar-refractivity contribution in [2.45, 2.75) is 52.4 Å². The summed E-state index contributed by atoms with van der Waals surface area (Å²) in [6, 6.07) is 41.2. The lowest BCUT2D eigenvalue weighted by Crippen LogP contribution is -2.14. The minimum atomic E-state index is -0.171. The largest absolute Gasteiger partial charge is 0.294 e. The third-order valence-corrected chi connectivity index (χ3v) is 9.21. The fourth-order valence-electron chi connectivity index (χ4n) is 7.09. The van der Waals surface area contributed by atoms with Gasteiger partial charge in [0.1, 0.15) is 17.1 Å². The Morgan fingerprint density at radius 2 is 1.11 bits per heavy atom. The van der Waals surface area contributed by atoms with Crippen LogP contribution in [0.15, 0.2) is 121 Å². The van der Waals surface area contributed by atoms with Gasteiger partial charge in [-0.05, 0) is 69.5 Å². The van der Waals surface area contributed by atoms with Gasteiger partial charge in [-0.2, -0.15) is 0 Å². The first kappa shape index (κ1) is 28.3. The second kappa shape index (κ2) is 10.1. The van der Waals surface area contributed by atoms with Gasteiger partial charge in [0, 0.05) is 33.4 Å². The van der Waals surface area contributed by atoms with E-state index in [1.54, 1.807) is 0 Å². The van der Waals surface area contributed by atoms with Crippen LogP contribution < -0.4 is 0 Å². The molecule has 8 rings (SSSR count). The summed E-state index contributed by atoms with van der Waals surface area (Å²) in [5.41, 5.74) is 9.99. The van der Waals surface area contributed by atoms with Crippen LogP contribution in [0.5, 0.6) is 0 Å². The molecule has 0 aliphatic rings. The zero-order valence-corrected chi connectivity index (χ0v) is 27.3. The molecule has 0 saturated heterocycles. The van der Waals surface area contributed by atoms with E-state index in [9.17, 15) is 0 Å². The van der Waals surface area contributed by atoms with Crippen molar-refractivity contribution in [2.24, 2.45) is 0 Å². The highest BCUT2D eigenvalue weighted by Crippen LogP contribution is 2.45. The second-order valence-corrected chi connectivity index (χ2v) is 14.4. The minimum absolute atomic E-state index is 0.0100. The Morgan fingerprint density at radius 1 is 0.522 bits per heavy atom. The third-order valence-electron chi connectivity index (χ3n) is 9.21. The summed E-state index contributed by atoms with van der Waals surface area (Å²) < 4.78 is 4.63. The fourth-order valence-corrected chi connectivity index (χ4v) is 7.09. The van der Waals surface area contributed by atoms with Crippen LogP contribution in [0.3, 0.4) is 0 Å². The van der Waals surface area contributed by atoms with Crippen molar-refractivity contribution in [1.82, 2.24) is 19.1 Å². The Bertz CT molecular complexity index is 2430. The number of hydrogen-bond acceptors (Lipinski definition) is 2. The number of para-hydroxylation sites is 2. The molecule has 0 fully saturated rings. The summed E-state index contributed by atoms with van der Waals surface area (Å²) in [7, 11) is 0. The zero-order chi connectivity index (χ0) is 31.8. The first-order valence-corrected chi connectivity index (χ1v) is 16.1. The van der Waals surface area contributed by atoms with Crippen molar-refractivity contribution in [2.75, 3.05) is 0 Å². The number of pyridine rings is 2. The number of rotatable bonds is 3. The van der Waals surface area contributed by atoms with Gasteiger partial charge in [-0.25, -0.2) is 9.97 Å². The number of nitrogens with zero attached hydrogens (tertiary/aromatic N) is 4. The molecule has 0 aliphatic carbocycles. The van der Waals surface area contributed by atoms with Crippen LogP contribution >= 0.6 is 0 Å². The molecule has 0 atom stereocenters. The Labute approximate surface area is 270 Å². The van der Waals surface area contributed by atoms with Gasteiger partial charge in [0.05, 0.1) is 11.0 Å². The zero-order valence-electron chi connectivity index (χ0n) is 27.3. The van der Waals surface area contributed by atoms with Crippen molar-refractivity contribution in [3.8, 4) is 22.6 Å². The van der Waals surface area contributed by atoms with Gasteiger partial charge >= 0.3 is 0 Å². The van der Waals surface area contributed by atoms with Crippen LogP contribution in [0.4, 0.5) is 0 Å². The standard InChI is InChI=1S/C42H38N4/c1-41(2,3)29-23-24-43-35(26-29)46-34-22-13-11-20-32(34)37-38(42(4,5)6)36-31-19-10-12-21-33(31)45(39(36)44-40(37)46)30-18-14-17-28(25-30)27-15-8-7-9-16-27/h7-26H,1-6H3. The number of hydrogen-bond donors (Lipinski definition) is 0. The first-order valence-electron chi connectivity index (χ1n) is 16.1. The highest BCUT2D eigenvalue weighted by molar-refractivity contribution is 6.20. The van der Waals surface area contributed by atoms with E-state index >= 15 is 0 Å². The van der Waals surface area contributed by atoms with Crippen molar-refractivity contribution in [3.05, 3.63) is 133 Å². The summed E-state index contributed by atoms with van der Waals surface area (Å²) in [4.78, 5) is 10.6. The SMILES string of the molecule is CC(C)(C)c1ccnc(-n2c3ccccc3c3c(C(C)(C)C)c4c5ccccc5n(-c5cccc(-c6ccccc6)c5)c4nc32)c1. The Hall–Kier alpha value is -5.22. The number of aromatic nitrogens is 4. The van der Waals surface area contributed by atoms with Crippen LogP contribution in [-0.4, -0.2) is 19.1 Å². The van der Waals surface area contributed by atoms with Gasteiger partial charge < -0.3 is 0 Å². The van der Waals surface area contributed by atoms with E-state index in [1.165, 1.54) is 43.8 Å². The average Bonchev–Trinajstić information content (AvgIpc) is 3.56. The fraction of sp³-hybridized carbons (Fsp3) is 0.190. The molecule has 4 aromatic carbocycles. The van der Waals surface area contributed by atoms with Gasteiger partial charge in [0.2, 0.25) is 0 Å². The van der Waals surface area contributed by atoms with E-state index in [1.807, 2.05) is 6.20 Å². The van der Waals surface area contributed by atoms with Crippen LogP contribution in [-0.2, 0) is 10.8 Å². The molecule has 0 radical (unpaired) electrons. The van der Waals surface area contributed by atoms with Gasteiger partial charge in [0.25, 0.3) is 0 Å². The topological polar surface area (TPSA) is 35.6 Å². The van der Waals surface area contributed by atoms with Gasteiger partial charge in [-0.1, -0.05) is 120 Å². The predicted molar refractivity (Wildman–Crippen MR) is 194 cm³/mol. The van der Waals surface area contributed by atoms with Crippen molar-refractivity contribution in [1.29, 1.82) is 0 Å². The summed E-state index contributed by atoms with van der Waals surface area (Å²) >= 11 is 0. The summed E-state index contributed by atoms with van der Waals surface area (Å²) in [6.45, 7) is 13.7. The average molecular weight is 599 g/mol. The molecular formula is C42H38N4. The molecule has 8 aromatic rings. The predicted octanol–water partition coefficient (Wildman–Crippen LogP) is 10.9. The van der Waals surface area contributed by atoms with E-state index in [2.05, 4.69) is 166 Å². The second-order valence-electron chi connectivity index (χ2n) is 14.4. The molecule has 0 bridgehead atoms. The molecule has 4 heterocycles. The van der Waals surface area contributed by atoms with Gasteiger partial charge in [-0.15, -0.1) is 0 Å². The summed E-state index contributed by atoms with van der Waals surface area (Å²) in [5, 5.41) is 4.81. The Kier molecular flexibility index (Phi) is 6.24. The Morgan fingerprint density at radius 3 is 1.76 bits per heavy atom. The lowest BCUT2D eigenvalue weighted by Gasteiger charge is -2.23. The smallest absolute Gasteiger partial charge is 0.149 e. The van der Waals surface area contributed by atoms with E-state index < -0.39 is 0 Å². The first-order chi connectivity index (χ1) is 22.1. The lowest BCUT2D eigenvalue weighted by molar-refractivity contribution is 0.588. The maximum Gasteiger partial charge on any atom is 0.149 e. The third kappa shape index (κ3) is 4.35. The quantitative estimate of drug-likeness (QED) is 0.203. The molecule has 46 heavy (non-hydrogen) atoms. The molecule has 4 aromatic heterocycles. The van der Waals surface area contributed by atoms with E-state index in [-0.39, 0.29) is 10.8 Å². The van der Waals surface area contributed by atoms with Crippen LogP contribution in [0.25, 0.3) is 66.5 Å². The maximum absolute atomic E-state index is 5.66. The van der Waals surface area contributed by atoms with Crippen LogP contribution in [0.2, 0.25) is 0 Å². The Balaban J connectivity index is 1.56. The van der Waals surface area contributed by atoms with E-state index in [0.717, 1.165) is 33.8 Å². The van der Waals surface area contributed by atoms with Crippen molar-refractivity contribution in [3.63, 3.8) is 0 Å². The van der Waals surface area contributed by atoms with E-state index in [4.69, 9.17) is 9.97 Å². The molecule has 4 nitrogen and oxygen atoms in total. The maximum atomic E-state index is 5.66. The molecule has 4 heteroatoms. The summed E-state index contributed by atoms with van der Waals surface area (Å²) in [6.07, 6.45) is 1.94. The number of benzene rings is 4. The minimum Gasteiger partial charge on any atom is -0.294 e. The van der Waals surface area contributed by atoms with Gasteiger partial charge in [0.15, 0.2) is 0 Å². The molecule has 0 saturated carbocycles. The molecule has 0 unspecified atom stereocenters. The van der Waals surface area contributed by atoms with E-state index in [0.29, 0.717) is 0 Å². The molecule has 0 aliphatic heterocycles. The molecular weight excluding hydrogens is 560 g/mol.